The van der Waals surface area contributed by atoms with Gasteiger partial charge in [-0.1, -0.05) is 6.08 Å². The number of carboxylic acid groups (broad SMARTS) is 1. The van der Waals surface area contributed by atoms with Crippen molar-refractivity contribution in [3.8, 4) is 17.2 Å². The molecule has 3 saturated carbocycles. The maximum Gasteiger partial charge on any atom is 0.416 e. The Morgan fingerprint density at radius 1 is 0.444 bits per heavy atom. The second-order valence-electron chi connectivity index (χ2n) is 30.5. The number of alkyl halides is 9. The average molecular weight is 1780 g/mol. The molecular formula is C75H74F15N3O18S6. The third kappa shape index (κ3) is 15.0. The van der Waals surface area contributed by atoms with E-state index in [1.54, 1.807) is 0 Å². The number of allylic oxidation sites excluding steroid dienone is 1. The van der Waals surface area contributed by atoms with Crippen LogP contribution in [-0.2, 0) is 97.1 Å². The van der Waals surface area contributed by atoms with E-state index in [-0.39, 0.29) is 103 Å². The van der Waals surface area contributed by atoms with Gasteiger partial charge in [-0.3, -0.25) is 4.79 Å². The number of sulfonamides is 3. The lowest BCUT2D eigenvalue weighted by Gasteiger charge is -2.54. The molecule has 15 rings (SSSR count). The number of rotatable bonds is 14. The minimum absolute atomic E-state index is 0.00935. The Bertz CT molecular complexity index is 5620. The van der Waals surface area contributed by atoms with Crippen molar-refractivity contribution in [3.05, 3.63) is 190 Å². The van der Waals surface area contributed by atoms with E-state index in [9.17, 15) is 113 Å². The van der Waals surface area contributed by atoms with Crippen LogP contribution in [-0.4, -0.2) is 127 Å². The van der Waals surface area contributed by atoms with Gasteiger partial charge in [-0.25, -0.2) is 91.0 Å². The summed E-state index contributed by atoms with van der Waals surface area (Å²) in [6.45, 7) is 2.17. The van der Waals surface area contributed by atoms with Gasteiger partial charge in [-0.2, -0.15) is 39.5 Å². The summed E-state index contributed by atoms with van der Waals surface area (Å²) in [5.41, 5.74) is -4.86. The Morgan fingerprint density at radius 3 is 0.991 bits per heavy atom. The van der Waals surface area contributed by atoms with Crippen LogP contribution in [0.5, 0.6) is 17.2 Å². The molecule has 3 saturated heterocycles. The standard InChI is InChI=1S/C25H24F5NO7S2.C25H26F5NO6S2.C25H24F5NO5S2/c26-18-6-7-19(27)23-22(18)24(39(34,35)14-3-1-13(2-4-14)25(28,29)30)10-9-20-16(17(24)12-38-23)11-15(5-8-21(32)33)40(36,37)31-20;26-19-7-8-20(27)23-22(19)24(38(33,34)15-5-3-14(4-6-15)25(28,29)30)10-9-21-17(18(24)13-37-23)12-16(2-1-11-32)39(35,36)31-21;1-2-3-16-12-17-18-13-36-23-20(27)9-8-19(26)22(23)24(18,11-10-21(17)31-38(16,34)35)37(32,33)15-6-4-14(5-7-15)25(28,29)30/h1-4,6-7,15-17,20,31H,5,8-12H2,(H,32,33);3-8,16-18,21,31-32H,1-2,9-13H2;2,4-9,16-18,21,31H,1,3,10-13H2/t15-,16+,17+,20-,24+;2*16-,17+,18+,21-,24+/m111/s1. The number of hydrogen-bond acceptors (Lipinski definition) is 17. The van der Waals surface area contributed by atoms with Gasteiger partial charge in [0.1, 0.15) is 31.7 Å². The maximum atomic E-state index is 15.5. The van der Waals surface area contributed by atoms with Crippen molar-refractivity contribution in [2.45, 2.75) is 171 Å². The molecule has 0 amide bonds. The monoisotopic (exact) mass is 1780 g/mol. The van der Waals surface area contributed by atoms with E-state index in [4.69, 9.17) is 19.3 Å². The van der Waals surface area contributed by atoms with Gasteiger partial charge in [0.2, 0.25) is 30.1 Å². The van der Waals surface area contributed by atoms with Crippen LogP contribution in [0.2, 0.25) is 0 Å². The third-order valence-corrected chi connectivity index (χ3v) is 38.1. The highest BCUT2D eigenvalue weighted by molar-refractivity contribution is 7.93. The zero-order chi connectivity index (χ0) is 85.3. The number of hydrogen-bond donors (Lipinski definition) is 5. The fourth-order valence-corrected chi connectivity index (χ4v) is 32.0. The molecule has 21 nitrogen and oxygen atoms in total. The molecule has 0 radical (unpaired) electrons. The van der Waals surface area contributed by atoms with E-state index < -0.39 is 281 Å². The quantitative estimate of drug-likeness (QED) is 0.0500. The lowest BCUT2D eigenvalue weighted by molar-refractivity contribution is -0.138. The Morgan fingerprint density at radius 2 is 0.718 bits per heavy atom. The van der Waals surface area contributed by atoms with Crippen molar-refractivity contribution < 1.29 is 146 Å². The van der Waals surface area contributed by atoms with Crippen LogP contribution in [0.15, 0.2) is 137 Å². The van der Waals surface area contributed by atoms with Crippen molar-refractivity contribution in [2.75, 3.05) is 26.4 Å². The minimum Gasteiger partial charge on any atom is -0.490 e. The van der Waals surface area contributed by atoms with Gasteiger partial charge in [-0.05, 0) is 210 Å². The van der Waals surface area contributed by atoms with E-state index in [0.29, 0.717) is 36.4 Å². The summed E-state index contributed by atoms with van der Waals surface area (Å²) >= 11 is 0. The van der Waals surface area contributed by atoms with Crippen LogP contribution in [0.1, 0.15) is 123 Å². The lowest BCUT2D eigenvalue weighted by Crippen LogP contribution is -2.63. The Balaban J connectivity index is 0.000000152. The molecule has 117 heavy (non-hydrogen) atoms. The summed E-state index contributed by atoms with van der Waals surface area (Å²) in [7, 11) is -25.6. The SMILES string of the molecule is C=CC[C@@H]1C[C@@H]2[C@@H](CC[C@@]3(S(=O)(=O)c4ccc(C(F)(F)F)cc4)c4c(F)ccc(F)c4OC[C@@H]23)NS1(=O)=O.O=C(O)CC[C@@H]1C[C@@H]2[C@@H](CC[C@@]3(S(=O)(=O)c4ccc(C(F)(F)F)cc4)c4c(F)ccc(F)c4OC[C@@H]23)NS1(=O)=O.O=S1(=O)N[C@@H]2CC[C@@]3(S(=O)(=O)c4ccc(C(F)(F)F)cc4)c4c(F)ccc(F)c4OC[C@H]3[C@@H]2C[C@H]1CCCO. The van der Waals surface area contributed by atoms with Crippen LogP contribution < -0.4 is 28.4 Å². The predicted molar refractivity (Wildman–Crippen MR) is 386 cm³/mol. The van der Waals surface area contributed by atoms with Crippen LogP contribution in [0.3, 0.4) is 0 Å². The highest BCUT2D eigenvalue weighted by Crippen LogP contribution is 2.64. The van der Waals surface area contributed by atoms with E-state index in [1.807, 2.05) is 0 Å². The first-order valence-electron chi connectivity index (χ1n) is 36.6. The van der Waals surface area contributed by atoms with E-state index >= 15 is 13.2 Å². The van der Waals surface area contributed by atoms with Gasteiger partial charge in [0, 0.05) is 48.9 Å². The minimum atomic E-state index is -4.75. The number of aliphatic hydroxyl groups excluding tert-OH is 1. The van der Waals surface area contributed by atoms with Crippen LogP contribution >= 0.6 is 0 Å². The molecule has 6 aromatic rings. The first-order valence-corrected chi connectivity index (χ1v) is 45.7. The number of sulfone groups is 3. The second-order valence-corrected chi connectivity index (χ2v) is 43.1. The largest absolute Gasteiger partial charge is 0.490 e. The molecule has 5 N–H and O–H groups in total. The van der Waals surface area contributed by atoms with Gasteiger partial charge >= 0.3 is 24.5 Å². The van der Waals surface area contributed by atoms with Crippen LogP contribution in [0.25, 0.3) is 0 Å². The number of aliphatic carboxylic acids is 1. The molecule has 0 unspecified atom stereocenters. The van der Waals surface area contributed by atoms with Crippen molar-refractivity contribution in [1.29, 1.82) is 0 Å². The number of nitrogens with one attached hydrogen (secondary N) is 3. The van der Waals surface area contributed by atoms with Gasteiger partial charge in [-0.15, -0.1) is 6.58 Å². The number of halogens is 15. The summed E-state index contributed by atoms with van der Waals surface area (Å²) in [6, 6.07) is 10.9. The number of fused-ring (bicyclic) bond motifs is 15. The molecule has 0 aromatic heterocycles. The second kappa shape index (κ2) is 31.1. The number of carboxylic acids is 1. The smallest absolute Gasteiger partial charge is 0.416 e. The maximum absolute atomic E-state index is 15.5. The first-order chi connectivity index (χ1) is 54.6. The number of carbonyl (C=O) groups is 1. The summed E-state index contributed by atoms with van der Waals surface area (Å²) in [5.74, 6) is -14.5. The highest BCUT2D eigenvalue weighted by Gasteiger charge is 2.68. The third-order valence-electron chi connectivity index (χ3n) is 24.6. The molecular weight excluding hydrogens is 1710 g/mol. The first kappa shape index (κ1) is 87.2. The zero-order valence-corrected chi connectivity index (χ0v) is 65.8. The molecule has 9 aliphatic rings. The summed E-state index contributed by atoms with van der Waals surface area (Å²) in [5, 5.41) is 15.2. The Hall–Kier alpha value is -7.58. The Labute approximate surface area is 662 Å². The molecule has 6 aliphatic heterocycles. The zero-order valence-electron chi connectivity index (χ0n) is 60.9. The number of aliphatic hydroxyl groups is 1. The van der Waals surface area contributed by atoms with E-state index in [1.165, 1.54) is 6.08 Å². The van der Waals surface area contributed by atoms with Gasteiger partial charge in [0.25, 0.3) is 0 Å². The summed E-state index contributed by atoms with van der Waals surface area (Å²) < 4.78 is 391. The molecule has 3 aliphatic carbocycles. The van der Waals surface area contributed by atoms with E-state index in [2.05, 4.69) is 20.7 Å². The van der Waals surface area contributed by atoms with Crippen molar-refractivity contribution >= 4 is 65.6 Å². The molecule has 6 heterocycles. The molecule has 6 aromatic carbocycles. The van der Waals surface area contributed by atoms with Gasteiger partial charge in [0.15, 0.2) is 64.2 Å². The van der Waals surface area contributed by atoms with Crippen LogP contribution in [0.4, 0.5) is 65.9 Å². The summed E-state index contributed by atoms with van der Waals surface area (Å²) in [6.07, 6.45) is -14.4. The van der Waals surface area contributed by atoms with Crippen molar-refractivity contribution in [2.24, 2.45) is 35.5 Å². The van der Waals surface area contributed by atoms with Crippen LogP contribution in [0, 0.1) is 70.4 Å². The highest BCUT2D eigenvalue weighted by atomic mass is 32.2. The number of ether oxygens (including phenoxy) is 3. The van der Waals surface area contributed by atoms with Crippen molar-refractivity contribution in [1.82, 2.24) is 14.2 Å². The Kier molecular flexibility index (Phi) is 23.2. The fourth-order valence-electron chi connectivity index (χ4n) is 19.3. The van der Waals surface area contributed by atoms with E-state index in [0.717, 1.165) is 72.8 Å². The molecule has 42 heteroatoms. The molecule has 0 spiro atoms. The van der Waals surface area contributed by atoms with Gasteiger partial charge < -0.3 is 24.4 Å². The fraction of sp³-hybridized carbons (Fsp3) is 0.480. The molecule has 15 atom stereocenters. The molecule has 638 valence electrons. The summed E-state index contributed by atoms with van der Waals surface area (Å²) in [4.78, 5) is 9.61. The predicted octanol–water partition coefficient (Wildman–Crippen LogP) is 12.6. The normalized spacial score (nSPS) is 29.9. The van der Waals surface area contributed by atoms with Gasteiger partial charge in [0.05, 0.1) is 83.6 Å². The average Bonchev–Trinajstić information content (AvgIpc) is 0.698. The lowest BCUT2D eigenvalue weighted by atomic mass is 9.64. The molecule has 6 fully saturated rings. The molecule has 0 bridgehead atoms. The topological polar surface area (TPSA) is 326 Å². The number of benzene rings is 6. The van der Waals surface area contributed by atoms with Crippen molar-refractivity contribution in [3.63, 3.8) is 0 Å².